The van der Waals surface area contributed by atoms with Crippen molar-refractivity contribution < 1.29 is 19.1 Å². The van der Waals surface area contributed by atoms with Crippen molar-refractivity contribution in [2.24, 2.45) is 34.5 Å². The van der Waals surface area contributed by atoms with Gasteiger partial charge in [0.05, 0.1) is 25.0 Å². The number of hydrogen-bond donors (Lipinski definition) is 0. The molecule has 188 valence electrons. The summed E-state index contributed by atoms with van der Waals surface area (Å²) >= 11 is 0. The molecule has 0 aliphatic heterocycles. The molecule has 0 heterocycles. The molecule has 0 bridgehead atoms. The summed E-state index contributed by atoms with van der Waals surface area (Å²) in [6.45, 7) is 19.0. The van der Waals surface area contributed by atoms with E-state index in [1.54, 1.807) is 0 Å². The monoisotopic (exact) mass is 452 g/mol. The molecule has 2 atom stereocenters. The Hall–Kier alpha value is -1.06. The Morgan fingerprint density at radius 1 is 0.719 bits per heavy atom. The average Bonchev–Trinajstić information content (AvgIpc) is 2.72. The predicted molar refractivity (Wildman–Crippen MR) is 132 cm³/mol. The fraction of sp³-hybridized carbons (Fsp3) is 0.929. The third-order valence-electron chi connectivity index (χ3n) is 7.64. The summed E-state index contributed by atoms with van der Waals surface area (Å²) in [5.41, 5.74) is 0.389. The minimum absolute atomic E-state index is 0.0637. The zero-order valence-corrected chi connectivity index (χ0v) is 22.4. The molecular weight excluding hydrogens is 400 g/mol. The zero-order chi connectivity index (χ0) is 24.4. The Kier molecular flexibility index (Phi) is 12.3. The van der Waals surface area contributed by atoms with E-state index in [2.05, 4.69) is 55.4 Å². The van der Waals surface area contributed by atoms with Crippen LogP contribution in [0.1, 0.15) is 120 Å². The second-order valence-electron chi connectivity index (χ2n) is 12.1. The van der Waals surface area contributed by atoms with Gasteiger partial charge in [-0.15, -0.1) is 0 Å². The second-order valence-corrected chi connectivity index (χ2v) is 12.1. The highest BCUT2D eigenvalue weighted by molar-refractivity contribution is 5.75. The van der Waals surface area contributed by atoms with Crippen LogP contribution in [0.4, 0.5) is 0 Å². The summed E-state index contributed by atoms with van der Waals surface area (Å²) in [5.74, 6) is 1.10. The Labute approximate surface area is 198 Å². The van der Waals surface area contributed by atoms with Crippen LogP contribution in [-0.2, 0) is 19.1 Å². The number of carbonyl (C=O) groups excluding carboxylic acids is 2. The molecule has 1 fully saturated rings. The van der Waals surface area contributed by atoms with Gasteiger partial charge in [-0.3, -0.25) is 9.59 Å². The highest BCUT2D eigenvalue weighted by atomic mass is 16.5. The van der Waals surface area contributed by atoms with Crippen LogP contribution < -0.4 is 0 Å². The third kappa shape index (κ3) is 11.2. The van der Waals surface area contributed by atoms with Crippen LogP contribution in [0.5, 0.6) is 0 Å². The summed E-state index contributed by atoms with van der Waals surface area (Å²) < 4.78 is 11.2. The highest BCUT2D eigenvalue weighted by Crippen LogP contribution is 2.34. The SMILES string of the molecule is CCC(C)CC(C)(C)CCOC(=O)C1CCC(C(=O)OCCC(C)(C)CC(C)CC)CC1. The minimum atomic E-state index is -0.0806. The van der Waals surface area contributed by atoms with Crippen molar-refractivity contribution in [2.75, 3.05) is 13.2 Å². The number of rotatable bonds is 14. The van der Waals surface area contributed by atoms with E-state index in [-0.39, 0.29) is 34.6 Å². The highest BCUT2D eigenvalue weighted by Gasteiger charge is 2.32. The second kappa shape index (κ2) is 13.6. The van der Waals surface area contributed by atoms with Gasteiger partial charge < -0.3 is 9.47 Å². The van der Waals surface area contributed by atoms with Gasteiger partial charge >= 0.3 is 11.9 Å². The maximum absolute atomic E-state index is 12.5. The molecule has 1 aliphatic rings. The van der Waals surface area contributed by atoms with E-state index < -0.39 is 0 Å². The van der Waals surface area contributed by atoms with Crippen molar-refractivity contribution in [2.45, 2.75) is 120 Å². The van der Waals surface area contributed by atoms with Crippen LogP contribution in [0.3, 0.4) is 0 Å². The molecule has 0 amide bonds. The molecule has 0 radical (unpaired) electrons. The molecule has 1 rings (SSSR count). The maximum Gasteiger partial charge on any atom is 0.308 e. The number of ether oxygens (including phenoxy) is 2. The van der Waals surface area contributed by atoms with Gasteiger partial charge in [-0.05, 0) is 74.0 Å². The van der Waals surface area contributed by atoms with E-state index >= 15 is 0 Å². The van der Waals surface area contributed by atoms with Gasteiger partial charge in [-0.2, -0.15) is 0 Å². The molecule has 1 saturated carbocycles. The average molecular weight is 453 g/mol. The van der Waals surface area contributed by atoms with Crippen LogP contribution in [0.2, 0.25) is 0 Å². The van der Waals surface area contributed by atoms with Crippen molar-refractivity contribution in [1.29, 1.82) is 0 Å². The molecule has 1 aliphatic carbocycles. The zero-order valence-electron chi connectivity index (χ0n) is 22.4. The van der Waals surface area contributed by atoms with E-state index in [0.29, 0.717) is 25.0 Å². The van der Waals surface area contributed by atoms with Crippen molar-refractivity contribution in [1.82, 2.24) is 0 Å². The molecule has 0 saturated heterocycles. The van der Waals surface area contributed by atoms with Crippen LogP contribution in [0.15, 0.2) is 0 Å². The van der Waals surface area contributed by atoms with E-state index in [0.717, 1.165) is 51.4 Å². The largest absolute Gasteiger partial charge is 0.465 e. The van der Waals surface area contributed by atoms with Crippen molar-refractivity contribution in [3.8, 4) is 0 Å². The first kappa shape index (κ1) is 29.0. The summed E-state index contributed by atoms with van der Waals surface area (Å²) in [6, 6.07) is 0. The molecule has 0 N–H and O–H groups in total. The van der Waals surface area contributed by atoms with E-state index in [1.807, 2.05) is 0 Å². The van der Waals surface area contributed by atoms with Crippen molar-refractivity contribution in [3.63, 3.8) is 0 Å². The molecule has 4 nitrogen and oxygen atoms in total. The van der Waals surface area contributed by atoms with E-state index in [9.17, 15) is 9.59 Å². The third-order valence-corrected chi connectivity index (χ3v) is 7.64. The number of carbonyl (C=O) groups is 2. The van der Waals surface area contributed by atoms with Gasteiger partial charge in [0.25, 0.3) is 0 Å². The van der Waals surface area contributed by atoms with Crippen LogP contribution in [0, 0.1) is 34.5 Å². The Morgan fingerprint density at radius 3 is 1.31 bits per heavy atom. The molecule has 0 aromatic rings. The van der Waals surface area contributed by atoms with Gasteiger partial charge in [0, 0.05) is 0 Å². The lowest BCUT2D eigenvalue weighted by Crippen LogP contribution is -2.29. The predicted octanol–water partition coefficient (Wildman–Crippen LogP) is 7.58. The fourth-order valence-corrected chi connectivity index (χ4v) is 5.04. The summed E-state index contributed by atoms with van der Waals surface area (Å²) in [4.78, 5) is 25.0. The number of esters is 2. The Bertz CT molecular complexity index is 508. The Morgan fingerprint density at radius 2 is 1.03 bits per heavy atom. The first-order valence-corrected chi connectivity index (χ1v) is 13.2. The van der Waals surface area contributed by atoms with Gasteiger partial charge in [0.1, 0.15) is 0 Å². The van der Waals surface area contributed by atoms with Crippen LogP contribution in [0.25, 0.3) is 0 Å². The fourth-order valence-electron chi connectivity index (χ4n) is 5.04. The maximum atomic E-state index is 12.5. The van der Waals surface area contributed by atoms with E-state index in [1.165, 1.54) is 12.8 Å². The topological polar surface area (TPSA) is 52.6 Å². The molecule has 0 aromatic heterocycles. The minimum Gasteiger partial charge on any atom is -0.465 e. The molecule has 0 aromatic carbocycles. The standard InChI is InChI=1S/C28H52O4/c1-9-21(3)19-27(5,6)15-17-31-25(29)23-11-13-24(14-12-23)26(30)32-18-16-28(7,8)20-22(4)10-2/h21-24H,9-20H2,1-8H3. The van der Waals surface area contributed by atoms with Crippen LogP contribution >= 0.6 is 0 Å². The van der Waals surface area contributed by atoms with Gasteiger partial charge in [0.15, 0.2) is 0 Å². The normalized spacial score (nSPS) is 21.6. The van der Waals surface area contributed by atoms with Crippen molar-refractivity contribution >= 4 is 11.9 Å². The lowest BCUT2D eigenvalue weighted by Gasteiger charge is -2.29. The first-order valence-electron chi connectivity index (χ1n) is 13.2. The van der Waals surface area contributed by atoms with Crippen molar-refractivity contribution in [3.05, 3.63) is 0 Å². The quantitative estimate of drug-likeness (QED) is 0.255. The summed E-state index contributed by atoms with van der Waals surface area (Å²) in [7, 11) is 0. The van der Waals surface area contributed by atoms with E-state index in [4.69, 9.17) is 9.47 Å². The smallest absolute Gasteiger partial charge is 0.308 e. The van der Waals surface area contributed by atoms with Gasteiger partial charge in [0.2, 0.25) is 0 Å². The summed E-state index contributed by atoms with van der Waals surface area (Å²) in [5, 5.41) is 0. The Balaban J connectivity index is 2.29. The molecule has 0 spiro atoms. The molecule has 2 unspecified atom stereocenters. The number of hydrogen-bond acceptors (Lipinski definition) is 4. The molecule has 4 heteroatoms. The van der Waals surface area contributed by atoms with Gasteiger partial charge in [-0.1, -0.05) is 68.2 Å². The lowest BCUT2D eigenvalue weighted by atomic mass is 9.80. The first-order chi connectivity index (χ1) is 14.9. The lowest BCUT2D eigenvalue weighted by molar-refractivity contribution is -0.156. The molecular formula is C28H52O4. The van der Waals surface area contributed by atoms with Gasteiger partial charge in [-0.25, -0.2) is 0 Å². The molecule has 32 heavy (non-hydrogen) atoms. The van der Waals surface area contributed by atoms with Crippen LogP contribution in [-0.4, -0.2) is 25.2 Å². The summed E-state index contributed by atoms with van der Waals surface area (Å²) in [6.07, 6.45) is 9.41.